The first-order valence-electron chi connectivity index (χ1n) is 6.16. The van der Waals surface area contributed by atoms with Crippen LogP contribution >= 0.6 is 0 Å². The number of para-hydroxylation sites is 1. The third-order valence-electron chi connectivity index (χ3n) is 3.01. The number of hydrogen-bond acceptors (Lipinski definition) is 3. The first-order chi connectivity index (χ1) is 9.36. The largest absolute Gasteiger partial charge is 0.494 e. The molecule has 0 radical (unpaired) electrons. The topological polar surface area (TPSA) is 39.1 Å². The van der Waals surface area contributed by atoms with Crippen LogP contribution < -0.4 is 10.2 Å². The molecule has 19 heavy (non-hydrogen) atoms. The normalized spacial score (nSPS) is 10.6. The Bertz CT molecular complexity index is 677. The average molecular weight is 253 g/mol. The second-order valence-corrected chi connectivity index (χ2v) is 4.26. The van der Waals surface area contributed by atoms with E-state index in [1.165, 1.54) is 0 Å². The molecule has 4 heteroatoms. The van der Waals surface area contributed by atoms with Gasteiger partial charge in [0.1, 0.15) is 11.3 Å². The van der Waals surface area contributed by atoms with Crippen molar-refractivity contribution in [1.29, 1.82) is 0 Å². The molecular formula is C15H15N3O. The maximum atomic E-state index is 5.34. The molecule has 0 aliphatic heterocycles. The fraction of sp³-hybridized carbons (Fsp3) is 0.133. The number of methoxy groups -OCH3 is 1. The van der Waals surface area contributed by atoms with Crippen molar-refractivity contribution < 1.29 is 4.74 Å². The van der Waals surface area contributed by atoms with Gasteiger partial charge in [-0.3, -0.25) is 4.68 Å². The molecule has 96 valence electrons. The van der Waals surface area contributed by atoms with Crippen LogP contribution in [0.1, 0.15) is 5.69 Å². The maximum absolute atomic E-state index is 5.34. The van der Waals surface area contributed by atoms with Gasteiger partial charge in [-0.2, -0.15) is 0 Å². The summed E-state index contributed by atoms with van der Waals surface area (Å²) < 4.78 is 7.26. The molecule has 1 aromatic carbocycles. The number of benzene rings is 1. The van der Waals surface area contributed by atoms with Gasteiger partial charge in [-0.05, 0) is 24.3 Å². The Balaban J connectivity index is 1.88. The average Bonchev–Trinajstić information content (AvgIpc) is 2.97. The zero-order valence-electron chi connectivity index (χ0n) is 10.7. The van der Waals surface area contributed by atoms with Crippen LogP contribution in [0.15, 0.2) is 54.9 Å². The number of nitrogens with one attached hydrogen (secondary N) is 1. The van der Waals surface area contributed by atoms with Gasteiger partial charge in [0, 0.05) is 17.8 Å². The minimum Gasteiger partial charge on any atom is -0.494 e. The summed E-state index contributed by atoms with van der Waals surface area (Å²) in [5.41, 5.74) is 5.13. The van der Waals surface area contributed by atoms with Crippen molar-refractivity contribution in [3.63, 3.8) is 0 Å². The van der Waals surface area contributed by atoms with Crippen LogP contribution in [-0.4, -0.2) is 16.8 Å². The molecule has 0 fully saturated rings. The third-order valence-corrected chi connectivity index (χ3v) is 3.01. The summed E-state index contributed by atoms with van der Waals surface area (Å²) >= 11 is 0. The zero-order valence-corrected chi connectivity index (χ0v) is 10.7. The molecule has 0 bridgehead atoms. The molecule has 3 rings (SSSR count). The Labute approximate surface area is 111 Å². The van der Waals surface area contributed by atoms with E-state index in [0.717, 1.165) is 22.3 Å². The SMILES string of the molecule is COc1cccc2ccc(CNn3cccc3)nc12. The number of rotatable bonds is 4. The van der Waals surface area contributed by atoms with Crippen molar-refractivity contribution in [2.45, 2.75) is 6.54 Å². The van der Waals surface area contributed by atoms with Gasteiger partial charge in [0.2, 0.25) is 0 Å². The third kappa shape index (κ3) is 2.38. The quantitative estimate of drug-likeness (QED) is 0.777. The Morgan fingerprint density at radius 2 is 1.95 bits per heavy atom. The highest BCUT2D eigenvalue weighted by atomic mass is 16.5. The molecule has 4 nitrogen and oxygen atoms in total. The first kappa shape index (κ1) is 11.6. The van der Waals surface area contributed by atoms with E-state index in [4.69, 9.17) is 4.74 Å². The van der Waals surface area contributed by atoms with Crippen LogP contribution in [0.25, 0.3) is 10.9 Å². The molecule has 0 saturated carbocycles. The predicted molar refractivity (Wildman–Crippen MR) is 75.8 cm³/mol. The van der Waals surface area contributed by atoms with E-state index in [1.807, 2.05) is 53.5 Å². The summed E-state index contributed by atoms with van der Waals surface area (Å²) in [4.78, 5) is 4.64. The summed E-state index contributed by atoms with van der Waals surface area (Å²) in [6, 6.07) is 14.0. The molecule has 0 spiro atoms. The highest BCUT2D eigenvalue weighted by Gasteiger charge is 2.03. The fourth-order valence-corrected chi connectivity index (χ4v) is 2.04. The van der Waals surface area contributed by atoms with Crippen LogP contribution in [0.3, 0.4) is 0 Å². The van der Waals surface area contributed by atoms with Crippen LogP contribution in [0.2, 0.25) is 0 Å². The Hall–Kier alpha value is -2.49. The summed E-state index contributed by atoms with van der Waals surface area (Å²) in [6.07, 6.45) is 3.92. The van der Waals surface area contributed by atoms with E-state index in [-0.39, 0.29) is 0 Å². The lowest BCUT2D eigenvalue weighted by Crippen LogP contribution is -2.12. The van der Waals surface area contributed by atoms with Crippen LogP contribution in [0.5, 0.6) is 5.75 Å². The lowest BCUT2D eigenvalue weighted by molar-refractivity contribution is 0.419. The van der Waals surface area contributed by atoms with Crippen LogP contribution in [0.4, 0.5) is 0 Å². The molecule has 0 aliphatic rings. The number of ether oxygens (including phenoxy) is 1. The number of fused-ring (bicyclic) bond motifs is 1. The van der Waals surface area contributed by atoms with Crippen molar-refractivity contribution in [3.8, 4) is 5.75 Å². The van der Waals surface area contributed by atoms with Crippen LogP contribution in [-0.2, 0) is 6.54 Å². The number of hydrogen-bond donors (Lipinski definition) is 1. The lowest BCUT2D eigenvalue weighted by atomic mass is 10.2. The smallest absolute Gasteiger partial charge is 0.145 e. The van der Waals surface area contributed by atoms with Gasteiger partial charge in [-0.25, -0.2) is 4.98 Å². The van der Waals surface area contributed by atoms with E-state index in [9.17, 15) is 0 Å². The molecule has 0 atom stereocenters. The molecule has 0 saturated heterocycles. The van der Waals surface area contributed by atoms with E-state index in [0.29, 0.717) is 6.54 Å². The van der Waals surface area contributed by atoms with Gasteiger partial charge in [-0.15, -0.1) is 0 Å². The Morgan fingerprint density at radius 3 is 2.74 bits per heavy atom. The number of pyridine rings is 1. The summed E-state index contributed by atoms with van der Waals surface area (Å²) in [6.45, 7) is 0.669. The Morgan fingerprint density at radius 1 is 1.11 bits per heavy atom. The van der Waals surface area contributed by atoms with Gasteiger partial charge >= 0.3 is 0 Å². The molecule has 2 aromatic heterocycles. The number of nitrogens with zero attached hydrogens (tertiary/aromatic N) is 2. The van der Waals surface area contributed by atoms with E-state index in [1.54, 1.807) is 7.11 Å². The van der Waals surface area contributed by atoms with Crippen molar-refractivity contribution >= 4 is 10.9 Å². The van der Waals surface area contributed by atoms with E-state index < -0.39 is 0 Å². The minimum absolute atomic E-state index is 0.669. The molecule has 0 unspecified atom stereocenters. The molecule has 3 aromatic rings. The second-order valence-electron chi connectivity index (χ2n) is 4.26. The van der Waals surface area contributed by atoms with E-state index in [2.05, 4.69) is 16.5 Å². The molecule has 0 aliphatic carbocycles. The molecule has 2 heterocycles. The molecular weight excluding hydrogens is 238 g/mol. The predicted octanol–water partition coefficient (Wildman–Crippen LogP) is 2.79. The molecule has 1 N–H and O–H groups in total. The van der Waals surface area contributed by atoms with Gasteiger partial charge in [0.25, 0.3) is 0 Å². The summed E-state index contributed by atoms with van der Waals surface area (Å²) in [7, 11) is 1.67. The van der Waals surface area contributed by atoms with Crippen LogP contribution in [0, 0.1) is 0 Å². The fourth-order valence-electron chi connectivity index (χ4n) is 2.04. The minimum atomic E-state index is 0.669. The number of aromatic nitrogens is 2. The highest BCUT2D eigenvalue weighted by molar-refractivity contribution is 5.84. The van der Waals surface area contributed by atoms with Crippen molar-refractivity contribution in [2.24, 2.45) is 0 Å². The second kappa shape index (κ2) is 5.02. The zero-order chi connectivity index (χ0) is 13.1. The van der Waals surface area contributed by atoms with Gasteiger partial charge < -0.3 is 10.2 Å². The molecule has 0 amide bonds. The van der Waals surface area contributed by atoms with Gasteiger partial charge in [-0.1, -0.05) is 18.2 Å². The summed E-state index contributed by atoms with van der Waals surface area (Å²) in [5.74, 6) is 0.806. The van der Waals surface area contributed by atoms with E-state index >= 15 is 0 Å². The maximum Gasteiger partial charge on any atom is 0.145 e. The first-order valence-corrected chi connectivity index (χ1v) is 6.16. The van der Waals surface area contributed by atoms with Crippen molar-refractivity contribution in [2.75, 3.05) is 12.5 Å². The monoisotopic (exact) mass is 253 g/mol. The standard InChI is InChI=1S/C15H15N3O/c1-19-14-6-4-5-12-7-8-13(17-15(12)14)11-16-18-9-2-3-10-18/h2-10,16H,11H2,1H3. The van der Waals surface area contributed by atoms with Crippen molar-refractivity contribution in [1.82, 2.24) is 9.66 Å². The lowest BCUT2D eigenvalue weighted by Gasteiger charge is -2.09. The highest BCUT2D eigenvalue weighted by Crippen LogP contribution is 2.23. The Kier molecular flexibility index (Phi) is 3.06. The summed E-state index contributed by atoms with van der Waals surface area (Å²) in [5, 5.41) is 1.09. The van der Waals surface area contributed by atoms with Gasteiger partial charge in [0.05, 0.1) is 19.3 Å². The van der Waals surface area contributed by atoms with Gasteiger partial charge in [0.15, 0.2) is 0 Å². The van der Waals surface area contributed by atoms with Crippen molar-refractivity contribution in [3.05, 3.63) is 60.6 Å².